The molecule has 7 heteroatoms. The Morgan fingerprint density at radius 2 is 1.95 bits per heavy atom. The van der Waals surface area contributed by atoms with Gasteiger partial charge >= 0.3 is 0 Å². The zero-order valence-electron chi connectivity index (χ0n) is 10.2. The van der Waals surface area contributed by atoms with Gasteiger partial charge in [0.25, 0.3) is 0 Å². The first-order valence-corrected chi connectivity index (χ1v) is 6.63. The molecule has 1 fully saturated rings. The summed E-state index contributed by atoms with van der Waals surface area (Å²) in [5.41, 5.74) is -0.0613. The molecule has 2 N–H and O–H groups in total. The summed E-state index contributed by atoms with van der Waals surface area (Å²) in [5, 5.41) is 12.6. The molecule has 0 aliphatic carbocycles. The standard InChI is InChI=1S/C12H15BrF2N2O.ClH/c13-8-1-2-9(14)11(12(8)15)10(7-18)17-5-3-16-4-6-17;/h1-2,10,16,18H,3-7H2;1H/t10-;/m0./s1. The number of hydrogen-bond donors (Lipinski definition) is 2. The van der Waals surface area contributed by atoms with Crippen molar-refractivity contribution in [2.75, 3.05) is 32.8 Å². The summed E-state index contributed by atoms with van der Waals surface area (Å²) in [6.45, 7) is 2.54. The summed E-state index contributed by atoms with van der Waals surface area (Å²) in [6, 6.07) is 1.91. The second kappa shape index (κ2) is 7.50. The fourth-order valence-electron chi connectivity index (χ4n) is 2.23. The van der Waals surface area contributed by atoms with Gasteiger partial charge in [0.15, 0.2) is 0 Å². The van der Waals surface area contributed by atoms with E-state index in [1.807, 2.05) is 4.90 Å². The Labute approximate surface area is 125 Å². The number of nitrogens with zero attached hydrogens (tertiary/aromatic N) is 1. The van der Waals surface area contributed by atoms with E-state index in [-0.39, 0.29) is 29.1 Å². The van der Waals surface area contributed by atoms with Crippen molar-refractivity contribution in [2.45, 2.75) is 6.04 Å². The molecule has 0 saturated carbocycles. The highest BCUT2D eigenvalue weighted by atomic mass is 79.9. The minimum Gasteiger partial charge on any atom is -0.394 e. The van der Waals surface area contributed by atoms with Gasteiger partial charge in [-0.05, 0) is 28.1 Å². The Morgan fingerprint density at radius 3 is 2.53 bits per heavy atom. The van der Waals surface area contributed by atoms with E-state index in [1.54, 1.807) is 0 Å². The monoisotopic (exact) mass is 356 g/mol. The zero-order chi connectivity index (χ0) is 13.1. The summed E-state index contributed by atoms with van der Waals surface area (Å²) >= 11 is 3.05. The number of halogens is 4. The molecular weight excluding hydrogens is 341 g/mol. The molecule has 2 rings (SSSR count). The predicted molar refractivity (Wildman–Crippen MR) is 75.6 cm³/mol. The maximum absolute atomic E-state index is 14.0. The van der Waals surface area contributed by atoms with E-state index in [1.165, 1.54) is 12.1 Å². The number of hydrogen-bond acceptors (Lipinski definition) is 3. The van der Waals surface area contributed by atoms with E-state index >= 15 is 0 Å². The van der Waals surface area contributed by atoms with Gasteiger partial charge in [0.2, 0.25) is 0 Å². The molecule has 108 valence electrons. The van der Waals surface area contributed by atoms with Crippen molar-refractivity contribution in [1.82, 2.24) is 10.2 Å². The molecule has 1 heterocycles. The maximum atomic E-state index is 14.0. The molecule has 1 saturated heterocycles. The first-order chi connectivity index (χ1) is 8.65. The first kappa shape index (κ1) is 16.8. The fourth-order valence-corrected chi connectivity index (χ4v) is 2.58. The van der Waals surface area contributed by atoms with Crippen LogP contribution < -0.4 is 5.32 Å². The average molecular weight is 358 g/mol. The van der Waals surface area contributed by atoms with Crippen LogP contribution in [0.15, 0.2) is 16.6 Å². The Morgan fingerprint density at radius 1 is 1.32 bits per heavy atom. The van der Waals surface area contributed by atoms with Crippen LogP contribution in [0.4, 0.5) is 8.78 Å². The lowest BCUT2D eigenvalue weighted by Gasteiger charge is -2.34. The maximum Gasteiger partial charge on any atom is 0.145 e. The Balaban J connectivity index is 0.00000180. The number of piperazine rings is 1. The Hall–Kier alpha value is -0.270. The van der Waals surface area contributed by atoms with Gasteiger partial charge < -0.3 is 10.4 Å². The van der Waals surface area contributed by atoms with Crippen molar-refractivity contribution < 1.29 is 13.9 Å². The zero-order valence-corrected chi connectivity index (χ0v) is 12.6. The van der Waals surface area contributed by atoms with Crippen LogP contribution in [0.3, 0.4) is 0 Å². The lowest BCUT2D eigenvalue weighted by Crippen LogP contribution is -2.46. The summed E-state index contributed by atoms with van der Waals surface area (Å²) in [7, 11) is 0. The lowest BCUT2D eigenvalue weighted by atomic mass is 10.0. The van der Waals surface area contributed by atoms with E-state index in [9.17, 15) is 13.9 Å². The van der Waals surface area contributed by atoms with E-state index in [4.69, 9.17) is 0 Å². The molecule has 1 aromatic carbocycles. The van der Waals surface area contributed by atoms with Crippen LogP contribution in [-0.2, 0) is 0 Å². The molecule has 0 bridgehead atoms. The van der Waals surface area contributed by atoms with E-state index in [0.29, 0.717) is 13.1 Å². The van der Waals surface area contributed by atoms with Crippen molar-refractivity contribution in [2.24, 2.45) is 0 Å². The largest absolute Gasteiger partial charge is 0.394 e. The molecule has 1 aliphatic heterocycles. The smallest absolute Gasteiger partial charge is 0.145 e. The summed E-state index contributed by atoms with van der Waals surface area (Å²) in [4.78, 5) is 1.89. The van der Waals surface area contributed by atoms with Gasteiger partial charge in [0, 0.05) is 31.7 Å². The van der Waals surface area contributed by atoms with E-state index in [0.717, 1.165) is 13.1 Å². The molecule has 1 aliphatic rings. The molecule has 0 aromatic heterocycles. The first-order valence-electron chi connectivity index (χ1n) is 5.84. The van der Waals surface area contributed by atoms with E-state index < -0.39 is 17.7 Å². The molecule has 1 aromatic rings. The van der Waals surface area contributed by atoms with Crippen LogP contribution in [0.1, 0.15) is 11.6 Å². The quantitative estimate of drug-likeness (QED) is 0.813. The van der Waals surface area contributed by atoms with Crippen molar-refractivity contribution in [3.8, 4) is 0 Å². The minimum absolute atomic E-state index is 0. The van der Waals surface area contributed by atoms with Crippen LogP contribution in [0.25, 0.3) is 0 Å². The fraction of sp³-hybridized carbons (Fsp3) is 0.500. The molecular formula is C12H16BrClF2N2O. The molecule has 19 heavy (non-hydrogen) atoms. The minimum atomic E-state index is -0.635. The third kappa shape index (κ3) is 3.64. The highest BCUT2D eigenvalue weighted by molar-refractivity contribution is 9.10. The average Bonchev–Trinajstić information content (AvgIpc) is 2.40. The molecule has 0 radical (unpaired) electrons. The number of aliphatic hydroxyl groups excluding tert-OH is 1. The number of aliphatic hydroxyl groups is 1. The van der Waals surface area contributed by atoms with Crippen LogP contribution in [-0.4, -0.2) is 42.8 Å². The summed E-state index contributed by atoms with van der Waals surface area (Å²) in [6.07, 6.45) is 0. The van der Waals surface area contributed by atoms with Gasteiger partial charge in [-0.3, -0.25) is 4.90 Å². The summed E-state index contributed by atoms with van der Waals surface area (Å²) < 4.78 is 28.0. The highest BCUT2D eigenvalue weighted by Crippen LogP contribution is 2.30. The second-order valence-electron chi connectivity index (χ2n) is 4.24. The van der Waals surface area contributed by atoms with Crippen LogP contribution >= 0.6 is 28.3 Å². The number of benzene rings is 1. The number of nitrogens with one attached hydrogen (secondary N) is 1. The lowest BCUT2D eigenvalue weighted by molar-refractivity contribution is 0.105. The van der Waals surface area contributed by atoms with Crippen molar-refractivity contribution in [3.05, 3.63) is 33.8 Å². The predicted octanol–water partition coefficient (Wildman–Crippen LogP) is 2.09. The third-order valence-corrected chi connectivity index (χ3v) is 3.79. The van der Waals surface area contributed by atoms with Gasteiger partial charge in [-0.1, -0.05) is 0 Å². The Bertz CT molecular complexity index is 430. The van der Waals surface area contributed by atoms with Crippen molar-refractivity contribution >= 4 is 28.3 Å². The molecule has 0 amide bonds. The van der Waals surface area contributed by atoms with Gasteiger partial charge in [-0.25, -0.2) is 8.78 Å². The highest BCUT2D eigenvalue weighted by Gasteiger charge is 2.27. The second-order valence-corrected chi connectivity index (χ2v) is 5.10. The Kier molecular flexibility index (Phi) is 6.62. The normalized spacial score (nSPS) is 17.9. The number of rotatable bonds is 3. The van der Waals surface area contributed by atoms with Gasteiger partial charge in [0.1, 0.15) is 11.6 Å². The van der Waals surface area contributed by atoms with Crippen LogP contribution in [0, 0.1) is 11.6 Å². The van der Waals surface area contributed by atoms with Crippen LogP contribution in [0.2, 0.25) is 0 Å². The van der Waals surface area contributed by atoms with Gasteiger partial charge in [0.05, 0.1) is 17.1 Å². The third-order valence-electron chi connectivity index (χ3n) is 3.18. The van der Waals surface area contributed by atoms with E-state index in [2.05, 4.69) is 21.2 Å². The molecule has 3 nitrogen and oxygen atoms in total. The van der Waals surface area contributed by atoms with Crippen molar-refractivity contribution in [3.63, 3.8) is 0 Å². The SMILES string of the molecule is Cl.OC[C@@H](c1c(F)ccc(Br)c1F)N1CCNCC1. The van der Waals surface area contributed by atoms with Crippen LogP contribution in [0.5, 0.6) is 0 Å². The molecule has 1 atom stereocenters. The summed E-state index contributed by atoms with van der Waals surface area (Å²) in [5.74, 6) is -1.25. The topological polar surface area (TPSA) is 35.5 Å². The molecule has 0 unspecified atom stereocenters. The van der Waals surface area contributed by atoms with Gasteiger partial charge in [-0.2, -0.15) is 0 Å². The molecule has 0 spiro atoms. The van der Waals surface area contributed by atoms with Crippen molar-refractivity contribution in [1.29, 1.82) is 0 Å². The van der Waals surface area contributed by atoms with Gasteiger partial charge in [-0.15, -0.1) is 12.4 Å².